The molecule has 1 aromatic carbocycles. The van der Waals surface area contributed by atoms with Crippen LogP contribution in [-0.2, 0) is 6.42 Å². The Balaban J connectivity index is 1.88. The van der Waals surface area contributed by atoms with E-state index in [4.69, 9.17) is 11.6 Å². The van der Waals surface area contributed by atoms with Crippen LogP contribution in [0.25, 0.3) is 11.3 Å². The SMILES string of the molecule is Fc1cccc(Cl)c1Cc1cc(-c2ccncc2)n[nH]1. The molecule has 3 rings (SSSR count). The lowest BCUT2D eigenvalue weighted by atomic mass is 10.1. The zero-order valence-corrected chi connectivity index (χ0v) is 11.2. The van der Waals surface area contributed by atoms with E-state index in [1.54, 1.807) is 24.5 Å². The van der Waals surface area contributed by atoms with E-state index >= 15 is 0 Å². The first-order valence-corrected chi connectivity index (χ1v) is 6.49. The van der Waals surface area contributed by atoms with Crippen LogP contribution < -0.4 is 0 Å². The third-order valence-corrected chi connectivity index (χ3v) is 3.39. The number of H-pyrrole nitrogens is 1. The average Bonchev–Trinajstić information content (AvgIpc) is 2.93. The molecule has 2 heterocycles. The third-order valence-electron chi connectivity index (χ3n) is 3.04. The molecule has 0 saturated heterocycles. The highest BCUT2D eigenvalue weighted by molar-refractivity contribution is 6.31. The molecule has 0 unspecified atom stereocenters. The minimum absolute atomic E-state index is 0.308. The molecule has 0 spiro atoms. The molecule has 0 aliphatic carbocycles. The third kappa shape index (κ3) is 2.56. The summed E-state index contributed by atoms with van der Waals surface area (Å²) in [5.41, 5.74) is 3.04. The molecule has 0 saturated carbocycles. The number of aromatic amines is 1. The second-order valence-electron chi connectivity index (χ2n) is 4.39. The van der Waals surface area contributed by atoms with Crippen molar-refractivity contribution in [3.63, 3.8) is 0 Å². The van der Waals surface area contributed by atoms with Gasteiger partial charge in [0.25, 0.3) is 0 Å². The Bertz CT molecular complexity index is 705. The number of rotatable bonds is 3. The van der Waals surface area contributed by atoms with Crippen molar-refractivity contribution in [1.82, 2.24) is 15.2 Å². The van der Waals surface area contributed by atoms with Gasteiger partial charge in [0.1, 0.15) is 5.82 Å². The Morgan fingerprint density at radius 2 is 1.95 bits per heavy atom. The normalized spacial score (nSPS) is 10.7. The van der Waals surface area contributed by atoms with Crippen molar-refractivity contribution in [3.05, 3.63) is 70.9 Å². The standard InChI is InChI=1S/C15H11ClFN3/c16-13-2-1-3-14(17)12(13)8-11-9-15(20-19-11)10-4-6-18-7-5-10/h1-7,9H,8H2,(H,19,20). The highest BCUT2D eigenvalue weighted by Crippen LogP contribution is 2.23. The predicted molar refractivity (Wildman–Crippen MR) is 76.0 cm³/mol. The summed E-state index contributed by atoms with van der Waals surface area (Å²) in [5.74, 6) is -0.308. The van der Waals surface area contributed by atoms with Crippen LogP contribution in [0, 0.1) is 5.82 Å². The van der Waals surface area contributed by atoms with Gasteiger partial charge in [0.05, 0.1) is 5.69 Å². The molecular weight excluding hydrogens is 277 g/mol. The average molecular weight is 288 g/mol. The van der Waals surface area contributed by atoms with Crippen molar-refractivity contribution in [2.45, 2.75) is 6.42 Å². The fraction of sp³-hybridized carbons (Fsp3) is 0.0667. The fourth-order valence-corrected chi connectivity index (χ4v) is 2.24. The summed E-state index contributed by atoms with van der Waals surface area (Å²) in [7, 11) is 0. The highest BCUT2D eigenvalue weighted by atomic mass is 35.5. The zero-order valence-electron chi connectivity index (χ0n) is 10.5. The van der Waals surface area contributed by atoms with Gasteiger partial charge in [-0.25, -0.2) is 4.39 Å². The molecule has 0 atom stereocenters. The van der Waals surface area contributed by atoms with E-state index in [1.165, 1.54) is 6.07 Å². The van der Waals surface area contributed by atoms with Gasteiger partial charge in [-0.05, 0) is 30.3 Å². The van der Waals surface area contributed by atoms with Crippen LogP contribution in [0.1, 0.15) is 11.3 Å². The van der Waals surface area contributed by atoms with Gasteiger partial charge in [-0.3, -0.25) is 10.1 Å². The molecule has 3 aromatic rings. The smallest absolute Gasteiger partial charge is 0.128 e. The maximum absolute atomic E-state index is 13.7. The Morgan fingerprint density at radius 1 is 1.15 bits per heavy atom. The number of aromatic nitrogens is 3. The summed E-state index contributed by atoms with van der Waals surface area (Å²) in [5, 5.41) is 7.56. The van der Waals surface area contributed by atoms with Crippen molar-refractivity contribution in [3.8, 4) is 11.3 Å². The second kappa shape index (κ2) is 5.43. The Kier molecular flexibility index (Phi) is 3.48. The molecule has 20 heavy (non-hydrogen) atoms. The summed E-state index contributed by atoms with van der Waals surface area (Å²) in [6.07, 6.45) is 3.79. The number of benzene rings is 1. The summed E-state index contributed by atoms with van der Waals surface area (Å²) in [6.45, 7) is 0. The van der Waals surface area contributed by atoms with Crippen molar-refractivity contribution >= 4 is 11.6 Å². The second-order valence-corrected chi connectivity index (χ2v) is 4.80. The largest absolute Gasteiger partial charge is 0.282 e. The van der Waals surface area contributed by atoms with Gasteiger partial charge in [-0.2, -0.15) is 5.10 Å². The molecule has 100 valence electrons. The number of hydrogen-bond donors (Lipinski definition) is 1. The van der Waals surface area contributed by atoms with Crippen LogP contribution in [0.15, 0.2) is 48.8 Å². The quantitative estimate of drug-likeness (QED) is 0.795. The van der Waals surface area contributed by atoms with Gasteiger partial charge in [0.2, 0.25) is 0 Å². The highest BCUT2D eigenvalue weighted by Gasteiger charge is 2.10. The van der Waals surface area contributed by atoms with E-state index < -0.39 is 0 Å². The number of halogens is 2. The van der Waals surface area contributed by atoms with Crippen LogP contribution in [0.4, 0.5) is 4.39 Å². The summed E-state index contributed by atoms with van der Waals surface area (Å²) >= 11 is 6.02. The maximum atomic E-state index is 13.7. The minimum Gasteiger partial charge on any atom is -0.282 e. The van der Waals surface area contributed by atoms with Crippen LogP contribution >= 0.6 is 11.6 Å². The molecule has 1 N–H and O–H groups in total. The fourth-order valence-electron chi connectivity index (χ4n) is 2.01. The Hall–Kier alpha value is -2.20. The molecule has 0 fully saturated rings. The van der Waals surface area contributed by atoms with E-state index in [0.29, 0.717) is 17.0 Å². The lowest BCUT2D eigenvalue weighted by Gasteiger charge is -2.03. The molecule has 0 aliphatic heterocycles. The van der Waals surface area contributed by atoms with Gasteiger partial charge in [-0.1, -0.05) is 17.7 Å². The van der Waals surface area contributed by atoms with E-state index in [-0.39, 0.29) is 5.82 Å². The summed E-state index contributed by atoms with van der Waals surface area (Å²) < 4.78 is 13.7. The van der Waals surface area contributed by atoms with Gasteiger partial charge in [-0.15, -0.1) is 0 Å². The lowest BCUT2D eigenvalue weighted by molar-refractivity contribution is 0.613. The van der Waals surface area contributed by atoms with E-state index in [1.807, 2.05) is 18.2 Å². The molecule has 0 amide bonds. The topological polar surface area (TPSA) is 41.6 Å². The van der Waals surface area contributed by atoms with E-state index in [2.05, 4.69) is 15.2 Å². The number of pyridine rings is 1. The molecule has 2 aromatic heterocycles. The van der Waals surface area contributed by atoms with Crippen molar-refractivity contribution in [2.75, 3.05) is 0 Å². The van der Waals surface area contributed by atoms with E-state index in [0.717, 1.165) is 17.0 Å². The van der Waals surface area contributed by atoms with Crippen LogP contribution in [0.2, 0.25) is 5.02 Å². The Labute approximate surface area is 120 Å². The van der Waals surface area contributed by atoms with Gasteiger partial charge < -0.3 is 0 Å². The van der Waals surface area contributed by atoms with Crippen LogP contribution in [0.5, 0.6) is 0 Å². The Morgan fingerprint density at radius 3 is 2.70 bits per heavy atom. The van der Waals surface area contributed by atoms with Crippen molar-refractivity contribution in [2.24, 2.45) is 0 Å². The first-order valence-electron chi connectivity index (χ1n) is 6.11. The van der Waals surface area contributed by atoms with Crippen molar-refractivity contribution < 1.29 is 4.39 Å². The first-order chi connectivity index (χ1) is 9.74. The molecule has 0 bridgehead atoms. The number of nitrogens with zero attached hydrogens (tertiary/aromatic N) is 2. The zero-order chi connectivity index (χ0) is 13.9. The van der Waals surface area contributed by atoms with Gasteiger partial charge in [0.15, 0.2) is 0 Å². The van der Waals surface area contributed by atoms with E-state index in [9.17, 15) is 4.39 Å². The van der Waals surface area contributed by atoms with Gasteiger partial charge in [0, 0.05) is 40.7 Å². The monoisotopic (exact) mass is 287 g/mol. The van der Waals surface area contributed by atoms with Crippen molar-refractivity contribution in [1.29, 1.82) is 0 Å². The lowest BCUT2D eigenvalue weighted by Crippen LogP contribution is -1.94. The number of nitrogens with one attached hydrogen (secondary N) is 1. The number of hydrogen-bond acceptors (Lipinski definition) is 2. The molecule has 0 aliphatic rings. The maximum Gasteiger partial charge on any atom is 0.128 e. The van der Waals surface area contributed by atoms with Gasteiger partial charge >= 0.3 is 0 Å². The molecule has 3 nitrogen and oxygen atoms in total. The molecule has 0 radical (unpaired) electrons. The molecular formula is C15H11ClFN3. The predicted octanol–water partition coefficient (Wildman–Crippen LogP) is 3.86. The van der Waals surface area contributed by atoms with Crippen LogP contribution in [-0.4, -0.2) is 15.2 Å². The first kappa shape index (κ1) is 12.8. The van der Waals surface area contributed by atoms with Crippen LogP contribution in [0.3, 0.4) is 0 Å². The summed E-state index contributed by atoms with van der Waals surface area (Å²) in [4.78, 5) is 3.96. The molecule has 5 heteroatoms. The summed E-state index contributed by atoms with van der Waals surface area (Å²) in [6, 6.07) is 10.3. The minimum atomic E-state index is -0.308.